The Morgan fingerprint density at radius 1 is 1.55 bits per heavy atom. The predicted octanol–water partition coefficient (Wildman–Crippen LogP) is -0.730. The molecule has 0 saturated carbocycles. The lowest BCUT2D eigenvalue weighted by Crippen LogP contribution is -2.46. The van der Waals surface area contributed by atoms with E-state index in [1.807, 2.05) is 0 Å². The number of hydrogen-bond acceptors (Lipinski definition) is 4. The number of nitrogens with one attached hydrogen (secondary N) is 2. The third kappa shape index (κ3) is 4.96. The molecular formula is C11H17N5O4. The second-order valence-electron chi connectivity index (χ2n) is 4.24. The molecule has 1 aromatic rings. The number of amides is 3. The highest BCUT2D eigenvalue weighted by molar-refractivity contribution is 5.83. The van der Waals surface area contributed by atoms with Crippen LogP contribution in [0.2, 0.25) is 0 Å². The Labute approximate surface area is 115 Å². The first-order valence-electron chi connectivity index (χ1n) is 5.91. The fourth-order valence-corrected chi connectivity index (χ4v) is 1.48. The van der Waals surface area contributed by atoms with Crippen LogP contribution in [0, 0.1) is 0 Å². The minimum absolute atomic E-state index is 0.0506. The van der Waals surface area contributed by atoms with Crippen molar-refractivity contribution in [2.24, 2.45) is 5.73 Å². The summed E-state index contributed by atoms with van der Waals surface area (Å²) < 4.78 is 0. The molecule has 9 heteroatoms. The second-order valence-corrected chi connectivity index (χ2v) is 4.24. The molecule has 5 N–H and O–H groups in total. The average Bonchev–Trinajstić information content (AvgIpc) is 2.86. The van der Waals surface area contributed by atoms with E-state index in [9.17, 15) is 14.4 Å². The number of hydrogen-bond donors (Lipinski definition) is 4. The number of aromatic amines is 1. The van der Waals surface area contributed by atoms with E-state index >= 15 is 0 Å². The number of aromatic nitrogens is 2. The van der Waals surface area contributed by atoms with E-state index in [0.717, 1.165) is 0 Å². The van der Waals surface area contributed by atoms with Gasteiger partial charge in [-0.2, -0.15) is 0 Å². The van der Waals surface area contributed by atoms with Crippen LogP contribution in [-0.2, 0) is 16.1 Å². The molecule has 0 aliphatic rings. The van der Waals surface area contributed by atoms with Crippen LogP contribution in [0.3, 0.4) is 0 Å². The quantitative estimate of drug-likeness (QED) is 0.522. The monoisotopic (exact) mass is 283 g/mol. The van der Waals surface area contributed by atoms with Crippen LogP contribution in [0.4, 0.5) is 4.79 Å². The SMILES string of the molecule is CN(Cc1ncc[nH]1)C(=O)N[C@@H](CCC(N)=O)C(=O)O. The number of urea groups is 1. The topological polar surface area (TPSA) is 141 Å². The van der Waals surface area contributed by atoms with Crippen LogP contribution in [0.1, 0.15) is 18.7 Å². The molecule has 0 radical (unpaired) electrons. The van der Waals surface area contributed by atoms with Crippen molar-refractivity contribution in [2.45, 2.75) is 25.4 Å². The number of imidazole rings is 1. The van der Waals surface area contributed by atoms with Crippen LogP contribution in [0.15, 0.2) is 12.4 Å². The van der Waals surface area contributed by atoms with Crippen molar-refractivity contribution in [3.05, 3.63) is 18.2 Å². The summed E-state index contributed by atoms with van der Waals surface area (Å²) in [6, 6.07) is -1.73. The van der Waals surface area contributed by atoms with Gasteiger partial charge in [0, 0.05) is 25.9 Å². The van der Waals surface area contributed by atoms with Gasteiger partial charge in [0.25, 0.3) is 0 Å². The zero-order valence-corrected chi connectivity index (χ0v) is 11.0. The lowest BCUT2D eigenvalue weighted by atomic mass is 10.1. The number of rotatable bonds is 7. The summed E-state index contributed by atoms with van der Waals surface area (Å²) in [5, 5.41) is 11.3. The maximum Gasteiger partial charge on any atom is 0.326 e. The highest BCUT2D eigenvalue weighted by Gasteiger charge is 2.22. The molecule has 0 unspecified atom stereocenters. The molecule has 1 aromatic heterocycles. The van der Waals surface area contributed by atoms with Gasteiger partial charge in [0.1, 0.15) is 11.9 Å². The van der Waals surface area contributed by atoms with E-state index < -0.39 is 23.9 Å². The molecule has 1 rings (SSSR count). The molecule has 110 valence electrons. The van der Waals surface area contributed by atoms with Gasteiger partial charge in [0.15, 0.2) is 0 Å². The smallest absolute Gasteiger partial charge is 0.326 e. The van der Waals surface area contributed by atoms with E-state index in [1.165, 1.54) is 11.9 Å². The lowest BCUT2D eigenvalue weighted by Gasteiger charge is -2.20. The number of primary amides is 1. The largest absolute Gasteiger partial charge is 0.480 e. The number of carbonyl (C=O) groups is 3. The molecule has 1 heterocycles. The van der Waals surface area contributed by atoms with Crippen LogP contribution in [-0.4, -0.2) is 51.0 Å². The van der Waals surface area contributed by atoms with Crippen molar-refractivity contribution < 1.29 is 19.5 Å². The Bertz CT molecular complexity index is 473. The van der Waals surface area contributed by atoms with Crippen LogP contribution < -0.4 is 11.1 Å². The number of aliphatic carboxylic acids is 1. The third-order valence-corrected chi connectivity index (χ3v) is 2.56. The summed E-state index contributed by atoms with van der Waals surface area (Å²) in [4.78, 5) is 41.5. The molecule has 0 saturated heterocycles. The van der Waals surface area contributed by atoms with E-state index in [-0.39, 0.29) is 19.4 Å². The molecular weight excluding hydrogens is 266 g/mol. The van der Waals surface area contributed by atoms with Gasteiger partial charge < -0.3 is 26.0 Å². The first-order chi connectivity index (χ1) is 9.40. The minimum atomic E-state index is -1.22. The molecule has 20 heavy (non-hydrogen) atoms. The molecule has 0 bridgehead atoms. The van der Waals surface area contributed by atoms with Crippen LogP contribution in [0.25, 0.3) is 0 Å². The number of carbonyl (C=O) groups excluding carboxylic acids is 2. The zero-order valence-electron chi connectivity index (χ0n) is 11.0. The average molecular weight is 283 g/mol. The maximum absolute atomic E-state index is 11.8. The summed E-state index contributed by atoms with van der Waals surface area (Å²) in [5.74, 6) is -1.26. The molecule has 9 nitrogen and oxygen atoms in total. The number of nitrogens with two attached hydrogens (primary N) is 1. The number of carboxylic acids is 1. The number of H-pyrrole nitrogens is 1. The van der Waals surface area contributed by atoms with Gasteiger partial charge in [-0.3, -0.25) is 4.79 Å². The summed E-state index contributed by atoms with van der Waals surface area (Å²) in [6.07, 6.45) is 3.01. The highest BCUT2D eigenvalue weighted by atomic mass is 16.4. The van der Waals surface area contributed by atoms with Crippen molar-refractivity contribution in [1.29, 1.82) is 0 Å². The number of nitrogens with zero attached hydrogens (tertiary/aromatic N) is 2. The Morgan fingerprint density at radius 2 is 2.25 bits per heavy atom. The van der Waals surface area contributed by atoms with Gasteiger partial charge in [-0.05, 0) is 6.42 Å². The van der Waals surface area contributed by atoms with Gasteiger partial charge in [0.2, 0.25) is 5.91 Å². The fraction of sp³-hybridized carbons (Fsp3) is 0.455. The zero-order chi connectivity index (χ0) is 15.1. The van der Waals surface area contributed by atoms with Crippen LogP contribution >= 0.6 is 0 Å². The molecule has 0 aliphatic carbocycles. The van der Waals surface area contributed by atoms with Crippen LogP contribution in [0.5, 0.6) is 0 Å². The summed E-state index contributed by atoms with van der Waals surface area (Å²) in [7, 11) is 1.50. The highest BCUT2D eigenvalue weighted by Crippen LogP contribution is 2.01. The molecule has 0 fully saturated rings. The molecule has 0 aromatic carbocycles. The third-order valence-electron chi connectivity index (χ3n) is 2.56. The van der Waals surface area contributed by atoms with Gasteiger partial charge in [-0.25, -0.2) is 14.6 Å². The Hall–Kier alpha value is -2.58. The van der Waals surface area contributed by atoms with E-state index in [1.54, 1.807) is 12.4 Å². The van der Waals surface area contributed by atoms with Gasteiger partial charge in [0.05, 0.1) is 6.54 Å². The fourth-order valence-electron chi connectivity index (χ4n) is 1.48. The standard InChI is InChI=1S/C11H17N5O4/c1-16(6-9-13-4-5-14-9)11(20)15-7(10(18)19)2-3-8(12)17/h4-5,7H,2-3,6H2,1H3,(H2,12,17)(H,13,14)(H,15,20)(H,18,19)/t7-/m0/s1. The normalized spacial score (nSPS) is 11.7. The summed E-state index contributed by atoms with van der Waals surface area (Å²) in [6.45, 7) is 0.209. The maximum atomic E-state index is 11.8. The Morgan fingerprint density at radius 3 is 2.75 bits per heavy atom. The van der Waals surface area contributed by atoms with Gasteiger partial charge in [-0.1, -0.05) is 0 Å². The van der Waals surface area contributed by atoms with Crippen molar-refractivity contribution in [3.63, 3.8) is 0 Å². The van der Waals surface area contributed by atoms with Crippen molar-refractivity contribution in [2.75, 3.05) is 7.05 Å². The summed E-state index contributed by atoms with van der Waals surface area (Å²) >= 11 is 0. The Kier molecular flexibility index (Phi) is 5.51. The summed E-state index contributed by atoms with van der Waals surface area (Å²) in [5.41, 5.74) is 4.95. The van der Waals surface area contributed by atoms with E-state index in [4.69, 9.17) is 10.8 Å². The van der Waals surface area contributed by atoms with E-state index in [0.29, 0.717) is 5.82 Å². The van der Waals surface area contributed by atoms with Crippen molar-refractivity contribution in [3.8, 4) is 0 Å². The lowest BCUT2D eigenvalue weighted by molar-refractivity contribution is -0.139. The Balaban J connectivity index is 2.52. The molecule has 0 spiro atoms. The molecule has 0 aliphatic heterocycles. The first-order valence-corrected chi connectivity index (χ1v) is 5.91. The van der Waals surface area contributed by atoms with E-state index in [2.05, 4.69) is 15.3 Å². The minimum Gasteiger partial charge on any atom is -0.480 e. The second kappa shape index (κ2) is 7.12. The molecule has 1 atom stereocenters. The molecule has 3 amide bonds. The predicted molar refractivity (Wildman–Crippen MR) is 68.4 cm³/mol. The van der Waals surface area contributed by atoms with Gasteiger partial charge in [-0.15, -0.1) is 0 Å². The van der Waals surface area contributed by atoms with Gasteiger partial charge >= 0.3 is 12.0 Å². The van der Waals surface area contributed by atoms with Crippen molar-refractivity contribution >= 4 is 17.9 Å². The van der Waals surface area contributed by atoms with Crippen molar-refractivity contribution in [1.82, 2.24) is 20.2 Å². The number of carboxylic acid groups (broad SMARTS) is 1. The first kappa shape index (κ1) is 15.5.